The Bertz CT molecular complexity index is 391. The number of methoxy groups -OCH3 is 1. The summed E-state index contributed by atoms with van der Waals surface area (Å²) in [7, 11) is 1.25. The van der Waals surface area contributed by atoms with Gasteiger partial charge < -0.3 is 4.74 Å². The van der Waals surface area contributed by atoms with E-state index in [9.17, 15) is 9.18 Å². The predicted octanol–water partition coefficient (Wildman–Crippen LogP) is 3.45. The van der Waals surface area contributed by atoms with Gasteiger partial charge in [0.1, 0.15) is 5.82 Å². The fourth-order valence-electron chi connectivity index (χ4n) is 0.945. The Morgan fingerprint density at radius 3 is 2.50 bits per heavy atom. The molecule has 0 aromatic heterocycles. The van der Waals surface area contributed by atoms with Crippen molar-refractivity contribution in [2.45, 2.75) is 6.92 Å². The zero-order valence-electron chi connectivity index (χ0n) is 7.53. The first-order valence-corrected chi connectivity index (χ1v) is 5.30. The van der Waals surface area contributed by atoms with Gasteiger partial charge in [0.25, 0.3) is 0 Å². The van der Waals surface area contributed by atoms with E-state index in [1.807, 2.05) is 0 Å². The molecule has 76 valence electrons. The number of esters is 1. The average molecular weight is 326 g/mol. The normalized spacial score (nSPS) is 10.1. The van der Waals surface area contributed by atoms with E-state index in [0.717, 1.165) is 6.07 Å². The van der Waals surface area contributed by atoms with Crippen LogP contribution in [0, 0.1) is 12.7 Å². The molecule has 0 amide bonds. The van der Waals surface area contributed by atoms with Crippen molar-refractivity contribution in [1.82, 2.24) is 0 Å². The van der Waals surface area contributed by atoms with Crippen molar-refractivity contribution < 1.29 is 13.9 Å². The van der Waals surface area contributed by atoms with Crippen molar-refractivity contribution in [3.63, 3.8) is 0 Å². The summed E-state index contributed by atoms with van der Waals surface area (Å²) in [6, 6.07) is 1.15. The fraction of sp³-hybridized carbons (Fsp3) is 0.222. The van der Waals surface area contributed by atoms with E-state index in [1.165, 1.54) is 7.11 Å². The van der Waals surface area contributed by atoms with Crippen molar-refractivity contribution in [2.75, 3.05) is 7.11 Å². The average Bonchev–Trinajstić information content (AvgIpc) is 2.19. The molecule has 0 unspecified atom stereocenters. The third-order valence-electron chi connectivity index (χ3n) is 1.79. The van der Waals surface area contributed by atoms with Crippen LogP contribution < -0.4 is 0 Å². The van der Waals surface area contributed by atoms with E-state index in [2.05, 4.69) is 36.6 Å². The molecule has 0 N–H and O–H groups in total. The Morgan fingerprint density at radius 1 is 1.43 bits per heavy atom. The summed E-state index contributed by atoms with van der Waals surface area (Å²) in [5.41, 5.74) is 0.618. The summed E-state index contributed by atoms with van der Waals surface area (Å²) >= 11 is 6.38. The quantitative estimate of drug-likeness (QED) is 0.584. The van der Waals surface area contributed by atoms with Gasteiger partial charge in [-0.1, -0.05) is 0 Å². The van der Waals surface area contributed by atoms with Crippen LogP contribution in [0.25, 0.3) is 0 Å². The Labute approximate surface area is 97.7 Å². The highest BCUT2D eigenvalue weighted by molar-refractivity contribution is 9.13. The summed E-state index contributed by atoms with van der Waals surface area (Å²) in [5.74, 6) is -1.02. The second-order valence-corrected chi connectivity index (χ2v) is 4.24. The zero-order chi connectivity index (χ0) is 10.9. The van der Waals surface area contributed by atoms with Gasteiger partial charge in [0, 0.05) is 14.5 Å². The van der Waals surface area contributed by atoms with Gasteiger partial charge in [-0.3, -0.25) is 0 Å². The van der Waals surface area contributed by atoms with E-state index < -0.39 is 11.8 Å². The summed E-state index contributed by atoms with van der Waals surface area (Å²) in [5, 5.41) is 0. The molecule has 0 saturated carbocycles. The molecule has 1 aromatic rings. The van der Waals surface area contributed by atoms with Crippen molar-refractivity contribution in [3.05, 3.63) is 32.0 Å². The lowest BCUT2D eigenvalue weighted by atomic mass is 10.1. The number of hydrogen-bond donors (Lipinski definition) is 0. The molecule has 0 aliphatic carbocycles. The van der Waals surface area contributed by atoms with Crippen molar-refractivity contribution in [3.8, 4) is 0 Å². The summed E-state index contributed by atoms with van der Waals surface area (Å²) < 4.78 is 18.8. The Balaban J connectivity index is 3.40. The number of carbonyl (C=O) groups is 1. The SMILES string of the molecule is COC(=O)c1cc(F)c(C)c(Br)c1Br. The zero-order valence-corrected chi connectivity index (χ0v) is 10.7. The highest BCUT2D eigenvalue weighted by atomic mass is 79.9. The minimum absolute atomic E-state index is 0.169. The van der Waals surface area contributed by atoms with E-state index in [0.29, 0.717) is 14.5 Å². The molecule has 5 heteroatoms. The van der Waals surface area contributed by atoms with E-state index >= 15 is 0 Å². The molecule has 14 heavy (non-hydrogen) atoms. The Kier molecular flexibility index (Phi) is 3.66. The third kappa shape index (κ3) is 1.98. The molecular formula is C9H7Br2FO2. The molecule has 1 aromatic carbocycles. The maximum Gasteiger partial charge on any atom is 0.339 e. The van der Waals surface area contributed by atoms with Crippen LogP contribution in [0.3, 0.4) is 0 Å². The Hall–Kier alpha value is -0.420. The van der Waals surface area contributed by atoms with Gasteiger partial charge in [0.15, 0.2) is 0 Å². The van der Waals surface area contributed by atoms with Crippen LogP contribution in [0.15, 0.2) is 15.0 Å². The number of ether oxygens (including phenoxy) is 1. The second-order valence-electron chi connectivity index (χ2n) is 2.65. The van der Waals surface area contributed by atoms with Crippen LogP contribution in [0.5, 0.6) is 0 Å². The van der Waals surface area contributed by atoms with Crippen molar-refractivity contribution in [1.29, 1.82) is 0 Å². The van der Waals surface area contributed by atoms with E-state index in [1.54, 1.807) is 6.92 Å². The van der Waals surface area contributed by atoms with Gasteiger partial charge >= 0.3 is 5.97 Å². The van der Waals surface area contributed by atoms with Crippen LogP contribution in [0.4, 0.5) is 4.39 Å². The molecule has 0 fully saturated rings. The molecule has 0 heterocycles. The fourth-order valence-corrected chi connectivity index (χ4v) is 1.92. The number of carbonyl (C=O) groups excluding carboxylic acids is 1. The van der Waals surface area contributed by atoms with Gasteiger partial charge in [0.2, 0.25) is 0 Å². The number of rotatable bonds is 1. The van der Waals surface area contributed by atoms with Crippen LogP contribution >= 0.6 is 31.9 Å². The predicted molar refractivity (Wildman–Crippen MR) is 57.9 cm³/mol. The molecule has 0 atom stereocenters. The van der Waals surface area contributed by atoms with E-state index in [4.69, 9.17) is 0 Å². The van der Waals surface area contributed by atoms with Gasteiger partial charge in [-0.15, -0.1) is 0 Å². The van der Waals surface area contributed by atoms with Gasteiger partial charge in [-0.05, 0) is 44.8 Å². The minimum atomic E-state index is -0.573. The number of benzene rings is 1. The van der Waals surface area contributed by atoms with Crippen molar-refractivity contribution in [2.24, 2.45) is 0 Å². The summed E-state index contributed by atoms with van der Waals surface area (Å²) in [4.78, 5) is 11.2. The smallest absolute Gasteiger partial charge is 0.339 e. The molecule has 0 spiro atoms. The van der Waals surface area contributed by atoms with Gasteiger partial charge in [0.05, 0.1) is 12.7 Å². The monoisotopic (exact) mass is 324 g/mol. The molecule has 0 bridgehead atoms. The molecule has 0 radical (unpaired) electrons. The maximum atomic E-state index is 13.3. The lowest BCUT2D eigenvalue weighted by Gasteiger charge is -2.07. The van der Waals surface area contributed by atoms with Crippen LogP contribution in [-0.2, 0) is 4.74 Å². The largest absolute Gasteiger partial charge is 0.465 e. The number of halogens is 3. The number of hydrogen-bond acceptors (Lipinski definition) is 2. The lowest BCUT2D eigenvalue weighted by Crippen LogP contribution is -2.04. The first-order valence-electron chi connectivity index (χ1n) is 3.71. The standard InChI is InChI=1S/C9H7Br2FO2/c1-4-6(12)3-5(9(13)14-2)8(11)7(4)10/h3H,1-2H3. The van der Waals surface area contributed by atoms with Gasteiger partial charge in [-0.2, -0.15) is 0 Å². The highest BCUT2D eigenvalue weighted by Crippen LogP contribution is 2.32. The molecule has 2 nitrogen and oxygen atoms in total. The summed E-state index contributed by atoms with van der Waals surface area (Å²) in [6.07, 6.45) is 0. The molecule has 0 saturated heterocycles. The summed E-state index contributed by atoms with van der Waals surface area (Å²) in [6.45, 7) is 1.62. The lowest BCUT2D eigenvalue weighted by molar-refractivity contribution is 0.0599. The topological polar surface area (TPSA) is 26.3 Å². The van der Waals surface area contributed by atoms with Crippen molar-refractivity contribution >= 4 is 37.8 Å². The molecule has 0 aliphatic rings. The Morgan fingerprint density at radius 2 is 2.00 bits per heavy atom. The molecule has 0 aliphatic heterocycles. The molecule has 1 rings (SSSR count). The maximum absolute atomic E-state index is 13.3. The van der Waals surface area contributed by atoms with Crippen LogP contribution in [-0.4, -0.2) is 13.1 Å². The first kappa shape index (κ1) is 11.7. The first-order chi connectivity index (χ1) is 6.49. The third-order valence-corrected chi connectivity index (χ3v) is 4.14. The minimum Gasteiger partial charge on any atom is -0.465 e. The highest BCUT2D eigenvalue weighted by Gasteiger charge is 2.17. The second kappa shape index (κ2) is 4.40. The van der Waals surface area contributed by atoms with E-state index in [-0.39, 0.29) is 5.56 Å². The van der Waals surface area contributed by atoms with Crippen LogP contribution in [0.2, 0.25) is 0 Å². The van der Waals surface area contributed by atoms with Gasteiger partial charge in [-0.25, -0.2) is 9.18 Å². The van der Waals surface area contributed by atoms with Crippen LogP contribution in [0.1, 0.15) is 15.9 Å². The molecular weight excluding hydrogens is 319 g/mol.